The van der Waals surface area contributed by atoms with Gasteiger partial charge in [-0.1, -0.05) is 11.6 Å². The van der Waals surface area contributed by atoms with Crippen LogP contribution >= 0.6 is 52.8 Å². The molecular weight excluding hydrogens is 388 g/mol. The Bertz CT molecular complexity index is 542. The predicted octanol–water partition coefficient (Wildman–Crippen LogP) is 3.25. The van der Waals surface area contributed by atoms with Crippen molar-refractivity contribution in [2.75, 3.05) is 19.5 Å². The maximum Gasteiger partial charge on any atom is 0.352 e. The number of hydrogen-bond acceptors (Lipinski definition) is 5. The van der Waals surface area contributed by atoms with Crippen molar-refractivity contribution in [3.05, 3.63) is 27.7 Å². The van der Waals surface area contributed by atoms with Crippen molar-refractivity contribution in [1.29, 1.82) is 0 Å². The average molecular weight is 400 g/mol. The Balaban J connectivity index is 2.85. The summed E-state index contributed by atoms with van der Waals surface area (Å²) in [6.45, 7) is 0. The molecule has 1 aromatic rings. The van der Waals surface area contributed by atoms with Gasteiger partial charge in [-0.3, -0.25) is 4.90 Å². The first-order chi connectivity index (χ1) is 9.20. The Labute approximate surface area is 140 Å². The normalized spacial score (nSPS) is 10.9. The molecule has 0 spiro atoms. The zero-order valence-electron chi connectivity index (χ0n) is 10.6. The van der Waals surface area contributed by atoms with Crippen molar-refractivity contribution in [2.45, 2.75) is 4.20 Å². The summed E-state index contributed by atoms with van der Waals surface area (Å²) in [7, 11) is 2.55. The SMILES string of the molecule is COC(=O)C(S)(S)N(C)C(=O)Nc1ccc(Br)c(Cl)c1. The Kier molecular flexibility index (Phi) is 6.06. The monoisotopic (exact) mass is 398 g/mol. The van der Waals surface area contributed by atoms with Gasteiger partial charge in [0, 0.05) is 17.2 Å². The lowest BCUT2D eigenvalue weighted by atomic mass is 10.3. The van der Waals surface area contributed by atoms with Gasteiger partial charge in [0.2, 0.25) is 4.20 Å². The van der Waals surface area contributed by atoms with E-state index in [-0.39, 0.29) is 0 Å². The summed E-state index contributed by atoms with van der Waals surface area (Å²) in [6, 6.07) is 4.32. The van der Waals surface area contributed by atoms with Gasteiger partial charge in [0.1, 0.15) is 0 Å². The fourth-order valence-corrected chi connectivity index (χ4v) is 1.99. The maximum atomic E-state index is 12.0. The van der Waals surface area contributed by atoms with Gasteiger partial charge in [-0.05, 0) is 34.1 Å². The Hall–Kier alpha value is -0.570. The van der Waals surface area contributed by atoms with E-state index in [9.17, 15) is 9.59 Å². The van der Waals surface area contributed by atoms with E-state index in [1.807, 2.05) is 0 Å². The molecule has 1 rings (SSSR count). The van der Waals surface area contributed by atoms with Crippen molar-refractivity contribution < 1.29 is 14.3 Å². The number of methoxy groups -OCH3 is 1. The zero-order chi connectivity index (χ0) is 15.5. The number of urea groups is 1. The molecule has 110 valence electrons. The number of likely N-dealkylation sites (N-methyl/N-ethyl adjacent to an activating group) is 1. The highest BCUT2D eigenvalue weighted by Crippen LogP contribution is 2.28. The summed E-state index contributed by atoms with van der Waals surface area (Å²) in [5.41, 5.74) is 0.470. The predicted molar refractivity (Wildman–Crippen MR) is 88.7 cm³/mol. The van der Waals surface area contributed by atoms with Crippen LogP contribution in [0.15, 0.2) is 22.7 Å². The van der Waals surface area contributed by atoms with Gasteiger partial charge in [-0.25, -0.2) is 9.59 Å². The van der Waals surface area contributed by atoms with E-state index >= 15 is 0 Å². The van der Waals surface area contributed by atoms with Gasteiger partial charge in [0.05, 0.1) is 12.1 Å². The minimum absolute atomic E-state index is 0.446. The topological polar surface area (TPSA) is 58.6 Å². The number of benzene rings is 1. The molecular formula is C11H12BrClN2O3S2. The molecule has 0 aliphatic rings. The highest BCUT2D eigenvalue weighted by molar-refractivity contribution is 9.10. The number of thiol groups is 2. The van der Waals surface area contributed by atoms with Gasteiger partial charge < -0.3 is 10.1 Å². The van der Waals surface area contributed by atoms with Crippen molar-refractivity contribution >= 4 is 70.5 Å². The van der Waals surface area contributed by atoms with Gasteiger partial charge in [0.15, 0.2) is 0 Å². The molecule has 0 fully saturated rings. The second kappa shape index (κ2) is 6.93. The van der Waals surface area contributed by atoms with Crippen molar-refractivity contribution in [3.63, 3.8) is 0 Å². The van der Waals surface area contributed by atoms with Gasteiger partial charge >= 0.3 is 12.0 Å². The average Bonchev–Trinajstić information content (AvgIpc) is 2.40. The largest absolute Gasteiger partial charge is 0.466 e. The molecule has 2 amide bonds. The first-order valence-electron chi connectivity index (χ1n) is 5.23. The molecule has 1 aromatic carbocycles. The first kappa shape index (κ1) is 17.5. The standard InChI is InChI=1S/C11H12BrClN2O3S2/c1-15(11(19,20)9(16)18-2)10(17)14-6-3-4-7(12)8(13)5-6/h3-5,19-20H,1-2H3,(H,14,17). The molecule has 20 heavy (non-hydrogen) atoms. The lowest BCUT2D eigenvalue weighted by molar-refractivity contribution is -0.143. The molecule has 0 aliphatic heterocycles. The summed E-state index contributed by atoms with van der Waals surface area (Å²) >= 11 is 17.2. The number of carbonyl (C=O) groups is 2. The number of ether oxygens (including phenoxy) is 1. The van der Waals surface area contributed by atoms with E-state index < -0.39 is 16.2 Å². The third-order valence-corrected chi connectivity index (χ3v) is 4.60. The first-order valence-corrected chi connectivity index (χ1v) is 7.29. The highest BCUT2D eigenvalue weighted by atomic mass is 79.9. The van der Waals surface area contributed by atoms with Crippen LogP contribution in [0.4, 0.5) is 10.5 Å². The smallest absolute Gasteiger partial charge is 0.352 e. The van der Waals surface area contributed by atoms with Crippen LogP contribution < -0.4 is 5.32 Å². The number of anilines is 1. The quantitative estimate of drug-likeness (QED) is 0.415. The Morgan fingerprint density at radius 3 is 2.55 bits per heavy atom. The fourth-order valence-electron chi connectivity index (χ4n) is 1.20. The van der Waals surface area contributed by atoms with Gasteiger partial charge in [-0.15, -0.1) is 25.3 Å². The number of esters is 1. The fraction of sp³-hybridized carbons (Fsp3) is 0.273. The molecule has 0 unspecified atom stereocenters. The number of nitrogens with one attached hydrogen (secondary N) is 1. The lowest BCUT2D eigenvalue weighted by Gasteiger charge is -2.30. The van der Waals surface area contributed by atoms with Crippen LogP contribution in [-0.4, -0.2) is 35.3 Å². The molecule has 0 aliphatic carbocycles. The van der Waals surface area contributed by atoms with E-state index in [1.165, 1.54) is 14.2 Å². The zero-order valence-corrected chi connectivity index (χ0v) is 14.7. The molecule has 0 saturated heterocycles. The summed E-state index contributed by atoms with van der Waals surface area (Å²) in [4.78, 5) is 24.5. The third kappa shape index (κ3) is 3.97. The van der Waals surface area contributed by atoms with Crippen LogP contribution in [-0.2, 0) is 9.53 Å². The third-order valence-electron chi connectivity index (χ3n) is 2.40. The second-order valence-electron chi connectivity index (χ2n) is 3.75. The number of carbonyl (C=O) groups excluding carboxylic acids is 2. The van der Waals surface area contributed by atoms with Crippen LogP contribution in [0.2, 0.25) is 5.02 Å². The Morgan fingerprint density at radius 1 is 1.45 bits per heavy atom. The second-order valence-corrected chi connectivity index (χ2v) is 6.65. The van der Waals surface area contributed by atoms with Crippen LogP contribution in [0.1, 0.15) is 0 Å². The molecule has 0 radical (unpaired) electrons. The minimum Gasteiger partial charge on any atom is -0.466 e. The van der Waals surface area contributed by atoms with E-state index in [2.05, 4.69) is 51.2 Å². The number of halogens is 2. The van der Waals surface area contributed by atoms with E-state index in [0.29, 0.717) is 15.2 Å². The molecule has 0 bridgehead atoms. The number of hydrogen-bond donors (Lipinski definition) is 3. The van der Waals surface area contributed by atoms with Crippen LogP contribution in [0, 0.1) is 0 Å². The number of rotatable bonds is 3. The van der Waals surface area contributed by atoms with Crippen molar-refractivity contribution in [3.8, 4) is 0 Å². The summed E-state index contributed by atoms with van der Waals surface area (Å²) in [5.74, 6) is -0.768. The summed E-state index contributed by atoms with van der Waals surface area (Å²) in [6.07, 6.45) is 0. The van der Waals surface area contributed by atoms with Gasteiger partial charge in [0.25, 0.3) is 0 Å². The minimum atomic E-state index is -1.68. The molecule has 0 saturated carbocycles. The van der Waals surface area contributed by atoms with Crippen molar-refractivity contribution in [1.82, 2.24) is 4.90 Å². The molecule has 0 aromatic heterocycles. The van der Waals surface area contributed by atoms with E-state index in [1.54, 1.807) is 18.2 Å². The number of amides is 2. The number of nitrogens with zero attached hydrogens (tertiary/aromatic N) is 1. The highest BCUT2D eigenvalue weighted by Gasteiger charge is 2.39. The summed E-state index contributed by atoms with van der Waals surface area (Å²) < 4.78 is 3.55. The van der Waals surface area contributed by atoms with E-state index in [0.717, 1.165) is 4.90 Å². The summed E-state index contributed by atoms with van der Waals surface area (Å²) in [5, 5.41) is 3.02. The molecule has 9 heteroatoms. The molecule has 0 heterocycles. The molecule has 1 N–H and O–H groups in total. The molecule has 0 atom stereocenters. The Morgan fingerprint density at radius 2 is 2.05 bits per heavy atom. The lowest BCUT2D eigenvalue weighted by Crippen LogP contribution is -2.49. The van der Waals surface area contributed by atoms with Crippen molar-refractivity contribution in [2.24, 2.45) is 0 Å². The molecule has 5 nitrogen and oxygen atoms in total. The van der Waals surface area contributed by atoms with Crippen LogP contribution in [0.5, 0.6) is 0 Å². The van der Waals surface area contributed by atoms with E-state index in [4.69, 9.17) is 11.6 Å². The maximum absolute atomic E-state index is 12.0. The van der Waals surface area contributed by atoms with Crippen LogP contribution in [0.25, 0.3) is 0 Å². The van der Waals surface area contributed by atoms with Gasteiger partial charge in [-0.2, -0.15) is 0 Å². The van der Waals surface area contributed by atoms with Crippen LogP contribution in [0.3, 0.4) is 0 Å².